The second-order valence-electron chi connectivity index (χ2n) is 8.02. The van der Waals surface area contributed by atoms with E-state index in [1.54, 1.807) is 29.2 Å². The number of hydrogen-bond acceptors (Lipinski definition) is 4. The van der Waals surface area contributed by atoms with Gasteiger partial charge in [0.05, 0.1) is 37.9 Å². The Morgan fingerprint density at radius 1 is 1.10 bits per heavy atom. The van der Waals surface area contributed by atoms with Crippen LogP contribution in [0.2, 0.25) is 5.02 Å². The summed E-state index contributed by atoms with van der Waals surface area (Å²) in [6, 6.07) is 13.7. The van der Waals surface area contributed by atoms with Crippen molar-refractivity contribution in [3.63, 3.8) is 0 Å². The molecular formula is C24H26ClN2O4+. The van der Waals surface area contributed by atoms with Gasteiger partial charge in [0, 0.05) is 10.6 Å². The minimum atomic E-state index is -0.657. The first-order valence-electron chi connectivity index (χ1n) is 10.5. The van der Waals surface area contributed by atoms with Gasteiger partial charge in [-0.3, -0.25) is 9.59 Å². The van der Waals surface area contributed by atoms with E-state index >= 15 is 0 Å². The third-order valence-electron chi connectivity index (χ3n) is 5.96. The molecule has 0 spiro atoms. The molecule has 2 aromatic carbocycles. The number of morpholine rings is 1. The highest BCUT2D eigenvalue weighted by atomic mass is 35.5. The Bertz CT molecular complexity index is 995. The van der Waals surface area contributed by atoms with Crippen LogP contribution in [0.5, 0.6) is 0 Å². The number of Topliss-reactive ketones (excluding diaryl/α,β-unsaturated/α-hetero) is 1. The molecule has 1 amide bonds. The molecule has 4 rings (SSSR count). The van der Waals surface area contributed by atoms with Crippen LogP contribution in [0.25, 0.3) is 5.76 Å². The molecule has 0 aromatic heterocycles. The van der Waals surface area contributed by atoms with Crippen molar-refractivity contribution in [1.82, 2.24) is 4.90 Å². The molecule has 2 fully saturated rings. The molecule has 0 aliphatic carbocycles. The van der Waals surface area contributed by atoms with E-state index in [-0.39, 0.29) is 11.3 Å². The molecule has 7 heteroatoms. The molecular weight excluding hydrogens is 416 g/mol. The summed E-state index contributed by atoms with van der Waals surface area (Å²) in [5, 5.41) is 11.6. The Balaban J connectivity index is 1.72. The number of aryl methyl sites for hydroxylation is 1. The van der Waals surface area contributed by atoms with Crippen LogP contribution in [0.4, 0.5) is 0 Å². The van der Waals surface area contributed by atoms with Crippen LogP contribution in [0.15, 0.2) is 54.1 Å². The fourth-order valence-corrected chi connectivity index (χ4v) is 4.28. The van der Waals surface area contributed by atoms with Crippen LogP contribution in [0.1, 0.15) is 22.7 Å². The van der Waals surface area contributed by atoms with E-state index in [1.165, 1.54) is 4.90 Å². The molecule has 1 atom stereocenters. The molecule has 2 aliphatic heterocycles. The molecule has 2 N–H and O–H groups in total. The quantitative estimate of drug-likeness (QED) is 0.423. The van der Waals surface area contributed by atoms with E-state index in [1.807, 2.05) is 31.2 Å². The number of carbonyl (C=O) groups is 2. The number of hydrogen-bond donors (Lipinski definition) is 2. The Hall–Kier alpha value is -2.67. The minimum Gasteiger partial charge on any atom is -0.507 e. The number of nitrogens with zero attached hydrogens (tertiary/aromatic N) is 1. The third kappa shape index (κ3) is 4.51. The summed E-state index contributed by atoms with van der Waals surface area (Å²) in [6.07, 6.45) is 0. The first kappa shape index (κ1) is 21.6. The monoisotopic (exact) mass is 441 g/mol. The zero-order valence-corrected chi connectivity index (χ0v) is 18.2. The van der Waals surface area contributed by atoms with Gasteiger partial charge in [-0.1, -0.05) is 41.4 Å². The molecule has 2 aliphatic rings. The van der Waals surface area contributed by atoms with E-state index in [2.05, 4.69) is 0 Å². The lowest BCUT2D eigenvalue weighted by Crippen LogP contribution is -3.14. The summed E-state index contributed by atoms with van der Waals surface area (Å²) in [5.41, 5.74) is 2.46. The Labute approximate surface area is 186 Å². The van der Waals surface area contributed by atoms with Gasteiger partial charge in [0.1, 0.15) is 18.8 Å². The van der Waals surface area contributed by atoms with Gasteiger partial charge in [-0.05, 0) is 36.8 Å². The number of benzene rings is 2. The highest BCUT2D eigenvalue weighted by molar-refractivity contribution is 6.46. The van der Waals surface area contributed by atoms with Crippen molar-refractivity contribution >= 4 is 29.1 Å². The second-order valence-corrected chi connectivity index (χ2v) is 8.46. The number of aliphatic hydroxyl groups excluding tert-OH is 1. The van der Waals surface area contributed by atoms with Crippen molar-refractivity contribution in [3.05, 3.63) is 75.8 Å². The van der Waals surface area contributed by atoms with Gasteiger partial charge in [-0.2, -0.15) is 0 Å². The van der Waals surface area contributed by atoms with Gasteiger partial charge in [-0.25, -0.2) is 0 Å². The number of amides is 1. The van der Waals surface area contributed by atoms with Gasteiger partial charge >= 0.3 is 0 Å². The SMILES string of the molecule is Cc1ccc([C@@H]2C(=C(O)c3ccc(Cl)cc3)C(=O)C(=O)N2CC[NH+]2CCOCC2)cc1. The number of carbonyl (C=O) groups excluding carboxylic acids is 2. The zero-order chi connectivity index (χ0) is 22.0. The molecule has 31 heavy (non-hydrogen) atoms. The zero-order valence-electron chi connectivity index (χ0n) is 17.4. The Morgan fingerprint density at radius 3 is 2.39 bits per heavy atom. The molecule has 0 radical (unpaired) electrons. The van der Waals surface area contributed by atoms with E-state index in [0.29, 0.717) is 30.3 Å². The summed E-state index contributed by atoms with van der Waals surface area (Å²) >= 11 is 5.97. The molecule has 2 aromatic rings. The normalized spacial score (nSPS) is 21.6. The fraction of sp³-hybridized carbons (Fsp3) is 0.333. The lowest BCUT2D eigenvalue weighted by atomic mass is 9.95. The maximum Gasteiger partial charge on any atom is 0.295 e. The average molecular weight is 442 g/mol. The smallest absolute Gasteiger partial charge is 0.295 e. The molecule has 0 bridgehead atoms. The molecule has 0 unspecified atom stereocenters. The summed E-state index contributed by atoms with van der Waals surface area (Å²) in [5.74, 6) is -1.41. The van der Waals surface area contributed by atoms with Crippen LogP contribution in [-0.2, 0) is 14.3 Å². The maximum atomic E-state index is 13.0. The molecule has 2 saturated heterocycles. The minimum absolute atomic E-state index is 0.119. The molecule has 6 nitrogen and oxygen atoms in total. The van der Waals surface area contributed by atoms with Crippen LogP contribution >= 0.6 is 11.6 Å². The van der Waals surface area contributed by atoms with Crippen molar-refractivity contribution in [2.24, 2.45) is 0 Å². The summed E-state index contributed by atoms with van der Waals surface area (Å²) < 4.78 is 5.41. The van der Waals surface area contributed by atoms with Gasteiger partial charge in [-0.15, -0.1) is 0 Å². The second kappa shape index (κ2) is 9.22. The Morgan fingerprint density at radius 2 is 1.74 bits per heavy atom. The van der Waals surface area contributed by atoms with Crippen LogP contribution < -0.4 is 4.90 Å². The summed E-state index contributed by atoms with van der Waals surface area (Å²) in [7, 11) is 0. The number of quaternary nitrogens is 1. The molecule has 2 heterocycles. The van der Waals surface area contributed by atoms with Gasteiger partial charge in [0.15, 0.2) is 0 Å². The van der Waals surface area contributed by atoms with Crippen LogP contribution in [0.3, 0.4) is 0 Å². The van der Waals surface area contributed by atoms with Crippen molar-refractivity contribution in [2.75, 3.05) is 39.4 Å². The first-order chi connectivity index (χ1) is 15.0. The highest BCUT2D eigenvalue weighted by Crippen LogP contribution is 2.39. The topological polar surface area (TPSA) is 71.3 Å². The lowest BCUT2D eigenvalue weighted by Gasteiger charge is -2.29. The summed E-state index contributed by atoms with van der Waals surface area (Å²) in [4.78, 5) is 29.0. The number of rotatable bonds is 5. The predicted molar refractivity (Wildman–Crippen MR) is 118 cm³/mol. The average Bonchev–Trinajstić information content (AvgIpc) is 3.04. The standard InChI is InChI=1S/C24H25ClN2O4/c1-16-2-4-17(5-3-16)21-20(22(28)18-6-8-19(25)9-7-18)23(29)24(30)27(21)11-10-26-12-14-31-15-13-26/h2-9,21,28H,10-15H2,1H3/p+1/t21-/m1/s1. The van der Waals surface area contributed by atoms with E-state index < -0.39 is 17.7 Å². The van der Waals surface area contributed by atoms with Crippen molar-refractivity contribution in [3.8, 4) is 0 Å². The summed E-state index contributed by atoms with van der Waals surface area (Å²) in [6.45, 7) is 6.29. The van der Waals surface area contributed by atoms with E-state index in [0.717, 1.165) is 30.8 Å². The fourth-order valence-electron chi connectivity index (χ4n) is 4.16. The number of ketones is 1. The number of halogens is 1. The van der Waals surface area contributed by atoms with Gasteiger partial charge in [0.25, 0.3) is 11.7 Å². The third-order valence-corrected chi connectivity index (χ3v) is 6.21. The van der Waals surface area contributed by atoms with E-state index in [4.69, 9.17) is 16.3 Å². The first-order valence-corrected chi connectivity index (χ1v) is 10.9. The largest absolute Gasteiger partial charge is 0.507 e. The molecule has 162 valence electrons. The number of nitrogens with one attached hydrogen (secondary N) is 1. The van der Waals surface area contributed by atoms with Crippen LogP contribution in [0, 0.1) is 6.92 Å². The van der Waals surface area contributed by atoms with Gasteiger partial charge in [0.2, 0.25) is 0 Å². The number of ether oxygens (including phenoxy) is 1. The molecule has 0 saturated carbocycles. The lowest BCUT2D eigenvalue weighted by molar-refractivity contribution is -0.907. The number of aliphatic hydroxyl groups is 1. The van der Waals surface area contributed by atoms with Crippen molar-refractivity contribution in [1.29, 1.82) is 0 Å². The van der Waals surface area contributed by atoms with Crippen molar-refractivity contribution in [2.45, 2.75) is 13.0 Å². The predicted octanol–water partition coefficient (Wildman–Crippen LogP) is 1.99. The van der Waals surface area contributed by atoms with E-state index in [9.17, 15) is 14.7 Å². The van der Waals surface area contributed by atoms with Crippen LogP contribution in [-0.4, -0.2) is 61.1 Å². The highest BCUT2D eigenvalue weighted by Gasteiger charge is 2.46. The van der Waals surface area contributed by atoms with Crippen molar-refractivity contribution < 1.29 is 24.3 Å². The number of likely N-dealkylation sites (tertiary alicyclic amines) is 1. The Kier molecular flexibility index (Phi) is 6.41. The maximum absolute atomic E-state index is 13.0. The van der Waals surface area contributed by atoms with Gasteiger partial charge < -0.3 is 19.6 Å².